The van der Waals surface area contributed by atoms with Gasteiger partial charge in [-0.2, -0.15) is 0 Å². The Morgan fingerprint density at radius 1 is 1.18 bits per heavy atom. The van der Waals surface area contributed by atoms with Crippen molar-refractivity contribution in [2.75, 3.05) is 12.4 Å². The fourth-order valence-corrected chi connectivity index (χ4v) is 3.59. The maximum Gasteiger partial charge on any atom is 0.316 e. The van der Waals surface area contributed by atoms with Gasteiger partial charge in [0.2, 0.25) is 0 Å². The molecule has 0 spiro atoms. The van der Waals surface area contributed by atoms with Gasteiger partial charge in [-0.3, -0.25) is 14.2 Å². The second kappa shape index (κ2) is 9.75. The van der Waals surface area contributed by atoms with Gasteiger partial charge >= 0.3 is 5.97 Å². The first-order valence-corrected chi connectivity index (χ1v) is 10.5. The van der Waals surface area contributed by atoms with Crippen LogP contribution in [0.1, 0.15) is 25.3 Å². The standard InChI is InChI=1S/C21H21ClN2O3S/c1-2-3-12-27-19(25)14-28-21-23-18-7-5-4-6-17(18)20(26)24(21)13-15-8-10-16(22)11-9-15/h4-11H,2-3,12-14H2,1H3. The van der Waals surface area contributed by atoms with E-state index in [0.29, 0.717) is 34.2 Å². The second-order valence-corrected chi connectivity index (χ2v) is 7.67. The monoisotopic (exact) mass is 416 g/mol. The molecular weight excluding hydrogens is 396 g/mol. The van der Waals surface area contributed by atoms with Crippen LogP contribution in [-0.4, -0.2) is 27.9 Å². The molecule has 146 valence electrons. The van der Waals surface area contributed by atoms with Crippen molar-refractivity contribution in [3.63, 3.8) is 0 Å². The predicted molar refractivity (Wildman–Crippen MR) is 113 cm³/mol. The van der Waals surface area contributed by atoms with E-state index < -0.39 is 0 Å². The number of aromatic nitrogens is 2. The number of unbranched alkanes of at least 4 members (excludes halogenated alkanes) is 1. The number of carbonyl (C=O) groups excluding carboxylic acids is 1. The number of para-hydroxylation sites is 1. The highest BCUT2D eigenvalue weighted by Crippen LogP contribution is 2.20. The van der Waals surface area contributed by atoms with Gasteiger partial charge in [0.15, 0.2) is 5.16 Å². The first-order valence-electron chi connectivity index (χ1n) is 9.11. The van der Waals surface area contributed by atoms with Gasteiger partial charge < -0.3 is 4.74 Å². The van der Waals surface area contributed by atoms with Crippen LogP contribution in [0.5, 0.6) is 0 Å². The SMILES string of the molecule is CCCCOC(=O)CSc1nc2ccccc2c(=O)n1Cc1ccc(Cl)cc1. The zero-order valence-electron chi connectivity index (χ0n) is 15.6. The summed E-state index contributed by atoms with van der Waals surface area (Å²) in [5.41, 5.74) is 1.40. The van der Waals surface area contributed by atoms with Gasteiger partial charge in [0.1, 0.15) is 0 Å². The lowest BCUT2D eigenvalue weighted by atomic mass is 10.2. The van der Waals surface area contributed by atoms with Gasteiger partial charge in [-0.15, -0.1) is 0 Å². The van der Waals surface area contributed by atoms with Gasteiger partial charge in [-0.25, -0.2) is 4.98 Å². The zero-order chi connectivity index (χ0) is 19.9. The predicted octanol–water partition coefficient (Wildman–Crippen LogP) is 4.53. The Hall–Kier alpha value is -2.31. The Bertz CT molecular complexity index is 1020. The number of esters is 1. The Morgan fingerprint density at radius 2 is 1.93 bits per heavy atom. The molecule has 0 aliphatic rings. The molecule has 2 aromatic carbocycles. The molecule has 0 saturated heterocycles. The molecule has 0 fully saturated rings. The molecular formula is C21H21ClN2O3S. The Labute approximate surface area is 172 Å². The fraction of sp³-hybridized carbons (Fsp3) is 0.286. The summed E-state index contributed by atoms with van der Waals surface area (Å²) in [5, 5.41) is 1.68. The van der Waals surface area contributed by atoms with Crippen molar-refractivity contribution in [2.45, 2.75) is 31.5 Å². The molecule has 0 radical (unpaired) electrons. The third-order valence-electron chi connectivity index (χ3n) is 4.16. The smallest absolute Gasteiger partial charge is 0.316 e. The summed E-state index contributed by atoms with van der Waals surface area (Å²) < 4.78 is 6.80. The van der Waals surface area contributed by atoms with E-state index in [1.165, 1.54) is 11.8 Å². The molecule has 0 atom stereocenters. The average Bonchev–Trinajstić information content (AvgIpc) is 2.70. The third kappa shape index (κ3) is 5.14. The van der Waals surface area contributed by atoms with Crippen molar-refractivity contribution in [1.82, 2.24) is 9.55 Å². The summed E-state index contributed by atoms with van der Waals surface area (Å²) in [5.74, 6) is -0.200. The van der Waals surface area contributed by atoms with Crippen molar-refractivity contribution in [1.29, 1.82) is 0 Å². The summed E-state index contributed by atoms with van der Waals surface area (Å²) in [6, 6.07) is 14.5. The topological polar surface area (TPSA) is 61.2 Å². The number of nitrogens with zero attached hydrogens (tertiary/aromatic N) is 2. The minimum atomic E-state index is -0.307. The van der Waals surface area contributed by atoms with E-state index in [1.54, 1.807) is 28.8 Å². The number of thioether (sulfide) groups is 1. The van der Waals surface area contributed by atoms with E-state index in [2.05, 4.69) is 4.98 Å². The van der Waals surface area contributed by atoms with Crippen LogP contribution in [-0.2, 0) is 16.1 Å². The van der Waals surface area contributed by atoms with Crippen molar-refractivity contribution in [2.24, 2.45) is 0 Å². The molecule has 7 heteroatoms. The highest BCUT2D eigenvalue weighted by molar-refractivity contribution is 7.99. The van der Waals surface area contributed by atoms with E-state index in [1.807, 2.05) is 31.2 Å². The van der Waals surface area contributed by atoms with E-state index >= 15 is 0 Å². The average molecular weight is 417 g/mol. The highest BCUT2D eigenvalue weighted by atomic mass is 35.5. The van der Waals surface area contributed by atoms with E-state index in [4.69, 9.17) is 16.3 Å². The van der Waals surface area contributed by atoms with E-state index in [-0.39, 0.29) is 17.3 Å². The number of hydrogen-bond acceptors (Lipinski definition) is 5. The highest BCUT2D eigenvalue weighted by Gasteiger charge is 2.14. The number of carbonyl (C=O) groups is 1. The first-order chi connectivity index (χ1) is 13.6. The molecule has 0 unspecified atom stereocenters. The lowest BCUT2D eigenvalue weighted by molar-refractivity contribution is -0.140. The van der Waals surface area contributed by atoms with Crippen molar-refractivity contribution < 1.29 is 9.53 Å². The van der Waals surface area contributed by atoms with Crippen molar-refractivity contribution in [3.8, 4) is 0 Å². The third-order valence-corrected chi connectivity index (χ3v) is 5.36. The summed E-state index contributed by atoms with van der Waals surface area (Å²) >= 11 is 7.17. The summed E-state index contributed by atoms with van der Waals surface area (Å²) in [4.78, 5) is 29.6. The molecule has 0 N–H and O–H groups in total. The summed E-state index contributed by atoms with van der Waals surface area (Å²) in [6.45, 7) is 2.80. The van der Waals surface area contributed by atoms with E-state index in [0.717, 1.165) is 18.4 Å². The molecule has 0 amide bonds. The normalized spacial score (nSPS) is 10.9. The van der Waals surface area contributed by atoms with Gasteiger partial charge in [-0.1, -0.05) is 61.0 Å². The van der Waals surface area contributed by atoms with Crippen molar-refractivity contribution in [3.05, 3.63) is 69.5 Å². The molecule has 0 bridgehead atoms. The Morgan fingerprint density at radius 3 is 2.68 bits per heavy atom. The van der Waals surface area contributed by atoms with Crippen LogP contribution in [0.2, 0.25) is 5.02 Å². The Balaban J connectivity index is 1.89. The summed E-state index contributed by atoms with van der Waals surface area (Å²) in [6.07, 6.45) is 1.80. The largest absolute Gasteiger partial charge is 0.465 e. The molecule has 5 nitrogen and oxygen atoms in total. The molecule has 3 aromatic rings. The number of halogens is 1. The van der Waals surface area contributed by atoms with Crippen molar-refractivity contribution >= 4 is 40.2 Å². The lowest BCUT2D eigenvalue weighted by Crippen LogP contribution is -2.24. The first kappa shape index (κ1) is 20.4. The number of ether oxygens (including phenoxy) is 1. The molecule has 1 heterocycles. The van der Waals surface area contributed by atoms with Crippen LogP contribution in [0.25, 0.3) is 10.9 Å². The minimum Gasteiger partial charge on any atom is -0.465 e. The fourth-order valence-electron chi connectivity index (χ4n) is 2.67. The van der Waals surface area contributed by atoms with Crippen LogP contribution in [0, 0.1) is 0 Å². The molecule has 3 rings (SSSR count). The lowest BCUT2D eigenvalue weighted by Gasteiger charge is -2.13. The molecule has 28 heavy (non-hydrogen) atoms. The molecule has 0 aliphatic heterocycles. The zero-order valence-corrected chi connectivity index (χ0v) is 17.1. The number of fused-ring (bicyclic) bond motifs is 1. The van der Waals surface area contributed by atoms with Gasteiger partial charge in [-0.05, 0) is 36.2 Å². The Kier molecular flexibility index (Phi) is 7.12. The molecule has 1 aromatic heterocycles. The van der Waals surface area contributed by atoms with Crippen LogP contribution in [0.4, 0.5) is 0 Å². The quantitative estimate of drug-likeness (QED) is 0.233. The number of benzene rings is 2. The summed E-state index contributed by atoms with van der Waals surface area (Å²) in [7, 11) is 0. The molecule has 0 saturated carbocycles. The van der Waals surface area contributed by atoms with Gasteiger partial charge in [0, 0.05) is 5.02 Å². The maximum atomic E-state index is 13.0. The van der Waals surface area contributed by atoms with Crippen LogP contribution in [0.15, 0.2) is 58.5 Å². The van der Waals surface area contributed by atoms with Gasteiger partial charge in [0.05, 0.1) is 29.8 Å². The maximum absolute atomic E-state index is 13.0. The number of rotatable bonds is 8. The van der Waals surface area contributed by atoms with Crippen LogP contribution < -0.4 is 5.56 Å². The van der Waals surface area contributed by atoms with Gasteiger partial charge in [0.25, 0.3) is 5.56 Å². The van der Waals surface area contributed by atoms with Crippen LogP contribution >= 0.6 is 23.4 Å². The minimum absolute atomic E-state index is 0.106. The second-order valence-electron chi connectivity index (χ2n) is 6.29. The van der Waals surface area contributed by atoms with E-state index in [9.17, 15) is 9.59 Å². The number of hydrogen-bond donors (Lipinski definition) is 0. The molecule has 0 aliphatic carbocycles. The van der Waals surface area contributed by atoms with Crippen LogP contribution in [0.3, 0.4) is 0 Å².